The van der Waals surface area contributed by atoms with Gasteiger partial charge in [0.05, 0.1) is 18.1 Å². The second-order valence-electron chi connectivity index (χ2n) is 7.04. The standard InChI is InChI=1S/C18H30N2O3S/c1-13(2)17(20-6-8-23-9-7-20)12-19-24(21,22)18-15(4)10-14(3)11-16(18)5/h10-11,13,17,19H,6-9,12H2,1-5H3/t17-/m0/s1. The first-order valence-electron chi connectivity index (χ1n) is 8.61. The van der Waals surface area contributed by atoms with Crippen molar-refractivity contribution in [3.63, 3.8) is 0 Å². The van der Waals surface area contributed by atoms with Gasteiger partial charge >= 0.3 is 0 Å². The molecule has 1 aromatic rings. The SMILES string of the molecule is Cc1cc(C)c(S(=O)(=O)NC[C@@H](C(C)C)N2CCOCC2)c(C)c1. The minimum atomic E-state index is -3.51. The molecular formula is C18H30N2O3S. The fraction of sp³-hybridized carbons (Fsp3) is 0.667. The van der Waals surface area contributed by atoms with Crippen molar-refractivity contribution in [1.82, 2.24) is 9.62 Å². The number of hydrogen-bond donors (Lipinski definition) is 1. The molecule has 1 fully saturated rings. The van der Waals surface area contributed by atoms with Crippen LogP contribution in [0.15, 0.2) is 17.0 Å². The summed E-state index contributed by atoms with van der Waals surface area (Å²) in [5, 5.41) is 0. The summed E-state index contributed by atoms with van der Waals surface area (Å²) in [6.07, 6.45) is 0. The van der Waals surface area contributed by atoms with Crippen molar-refractivity contribution < 1.29 is 13.2 Å². The summed E-state index contributed by atoms with van der Waals surface area (Å²) in [6, 6.07) is 4.02. The van der Waals surface area contributed by atoms with Crippen molar-refractivity contribution in [3.05, 3.63) is 28.8 Å². The molecule has 0 saturated carbocycles. The number of hydrogen-bond acceptors (Lipinski definition) is 4. The van der Waals surface area contributed by atoms with Gasteiger partial charge in [0.25, 0.3) is 0 Å². The zero-order valence-electron chi connectivity index (χ0n) is 15.4. The maximum atomic E-state index is 12.8. The van der Waals surface area contributed by atoms with Gasteiger partial charge in [0, 0.05) is 25.7 Å². The Bertz CT molecular complexity index is 642. The lowest BCUT2D eigenvalue weighted by atomic mass is 10.0. The van der Waals surface area contributed by atoms with Crippen LogP contribution in [-0.2, 0) is 14.8 Å². The molecule has 0 spiro atoms. The Morgan fingerprint density at radius 3 is 2.17 bits per heavy atom. The molecule has 0 bridgehead atoms. The molecule has 1 aliphatic heterocycles. The maximum absolute atomic E-state index is 12.8. The molecule has 0 radical (unpaired) electrons. The van der Waals surface area contributed by atoms with Crippen molar-refractivity contribution in [2.24, 2.45) is 5.92 Å². The van der Waals surface area contributed by atoms with Crippen LogP contribution < -0.4 is 4.72 Å². The molecule has 0 aliphatic carbocycles. The van der Waals surface area contributed by atoms with E-state index >= 15 is 0 Å². The summed E-state index contributed by atoms with van der Waals surface area (Å²) in [5.74, 6) is 0.367. The molecule has 1 aliphatic rings. The van der Waals surface area contributed by atoms with E-state index in [0.717, 1.165) is 29.8 Å². The topological polar surface area (TPSA) is 58.6 Å². The fourth-order valence-electron chi connectivity index (χ4n) is 3.55. The molecular weight excluding hydrogens is 324 g/mol. The quantitative estimate of drug-likeness (QED) is 0.851. The summed E-state index contributed by atoms with van der Waals surface area (Å²) in [6.45, 7) is 13.5. The normalized spacial score (nSPS) is 18.1. The smallest absolute Gasteiger partial charge is 0.241 e. The number of rotatable bonds is 6. The van der Waals surface area contributed by atoms with E-state index in [1.807, 2.05) is 32.9 Å². The number of nitrogens with zero attached hydrogens (tertiary/aromatic N) is 1. The molecule has 1 aromatic carbocycles. The van der Waals surface area contributed by atoms with Crippen LogP contribution in [-0.4, -0.2) is 52.2 Å². The molecule has 0 unspecified atom stereocenters. The summed E-state index contributed by atoms with van der Waals surface area (Å²) in [4.78, 5) is 2.74. The van der Waals surface area contributed by atoms with Crippen LogP contribution in [0.25, 0.3) is 0 Å². The highest BCUT2D eigenvalue weighted by Gasteiger charge is 2.27. The third kappa shape index (κ3) is 4.57. The lowest BCUT2D eigenvalue weighted by Gasteiger charge is -2.37. The summed E-state index contributed by atoms with van der Waals surface area (Å²) in [5.41, 5.74) is 2.68. The van der Waals surface area contributed by atoms with E-state index in [0.29, 0.717) is 30.6 Å². The van der Waals surface area contributed by atoms with Crippen molar-refractivity contribution in [3.8, 4) is 0 Å². The Kier molecular flexibility index (Phi) is 6.42. The molecule has 0 amide bonds. The van der Waals surface area contributed by atoms with Gasteiger partial charge in [-0.3, -0.25) is 4.90 Å². The molecule has 136 valence electrons. The molecule has 1 atom stereocenters. The van der Waals surface area contributed by atoms with Crippen LogP contribution in [0.1, 0.15) is 30.5 Å². The molecule has 1 heterocycles. The Balaban J connectivity index is 2.16. The van der Waals surface area contributed by atoms with Crippen molar-refractivity contribution >= 4 is 10.0 Å². The van der Waals surface area contributed by atoms with E-state index < -0.39 is 10.0 Å². The minimum absolute atomic E-state index is 0.176. The molecule has 1 N–H and O–H groups in total. The van der Waals surface area contributed by atoms with Gasteiger partial charge < -0.3 is 4.74 Å². The third-order valence-electron chi connectivity index (χ3n) is 4.64. The van der Waals surface area contributed by atoms with E-state index in [4.69, 9.17) is 4.74 Å². The van der Waals surface area contributed by atoms with Gasteiger partial charge in [0.2, 0.25) is 10.0 Å². The summed E-state index contributed by atoms with van der Waals surface area (Å²) >= 11 is 0. The van der Waals surface area contributed by atoms with Crippen LogP contribution in [0, 0.1) is 26.7 Å². The highest BCUT2D eigenvalue weighted by atomic mass is 32.2. The van der Waals surface area contributed by atoms with Gasteiger partial charge in [-0.2, -0.15) is 0 Å². The van der Waals surface area contributed by atoms with Crippen molar-refractivity contribution in [1.29, 1.82) is 0 Å². The maximum Gasteiger partial charge on any atom is 0.241 e. The highest BCUT2D eigenvalue weighted by molar-refractivity contribution is 7.89. The Hall–Kier alpha value is -0.950. The van der Waals surface area contributed by atoms with E-state index in [1.165, 1.54) is 0 Å². The first-order valence-corrected chi connectivity index (χ1v) is 10.1. The Morgan fingerprint density at radius 1 is 1.12 bits per heavy atom. The largest absolute Gasteiger partial charge is 0.379 e. The fourth-order valence-corrected chi connectivity index (χ4v) is 5.05. The number of ether oxygens (including phenoxy) is 1. The third-order valence-corrected chi connectivity index (χ3v) is 6.37. The molecule has 6 heteroatoms. The number of morpholine rings is 1. The van der Waals surface area contributed by atoms with Crippen LogP contribution >= 0.6 is 0 Å². The van der Waals surface area contributed by atoms with Gasteiger partial charge in [-0.25, -0.2) is 13.1 Å². The first kappa shape index (κ1) is 19.4. The van der Waals surface area contributed by atoms with Crippen LogP contribution in [0.5, 0.6) is 0 Å². The van der Waals surface area contributed by atoms with Crippen molar-refractivity contribution in [2.75, 3.05) is 32.8 Å². The van der Waals surface area contributed by atoms with Crippen LogP contribution in [0.4, 0.5) is 0 Å². The predicted molar refractivity (Wildman–Crippen MR) is 96.9 cm³/mol. The minimum Gasteiger partial charge on any atom is -0.379 e. The van der Waals surface area contributed by atoms with Gasteiger partial charge in [-0.15, -0.1) is 0 Å². The van der Waals surface area contributed by atoms with Crippen molar-refractivity contribution in [2.45, 2.75) is 45.6 Å². The molecule has 24 heavy (non-hydrogen) atoms. The number of benzene rings is 1. The lowest BCUT2D eigenvalue weighted by molar-refractivity contribution is 0.00776. The predicted octanol–water partition coefficient (Wildman–Crippen LogP) is 2.25. The van der Waals surface area contributed by atoms with Gasteiger partial charge in [0.15, 0.2) is 0 Å². The molecule has 0 aromatic heterocycles. The van der Waals surface area contributed by atoms with E-state index in [1.54, 1.807) is 0 Å². The summed E-state index contributed by atoms with van der Waals surface area (Å²) < 4.78 is 33.9. The van der Waals surface area contributed by atoms with Gasteiger partial charge in [0.1, 0.15) is 0 Å². The summed E-state index contributed by atoms with van der Waals surface area (Å²) in [7, 11) is -3.51. The lowest BCUT2D eigenvalue weighted by Crippen LogP contribution is -2.51. The van der Waals surface area contributed by atoms with Crippen LogP contribution in [0.3, 0.4) is 0 Å². The zero-order chi connectivity index (χ0) is 17.9. The highest BCUT2D eigenvalue weighted by Crippen LogP contribution is 2.22. The molecule has 1 saturated heterocycles. The van der Waals surface area contributed by atoms with Crippen LogP contribution in [0.2, 0.25) is 0 Å². The van der Waals surface area contributed by atoms with E-state index in [9.17, 15) is 8.42 Å². The molecule has 5 nitrogen and oxygen atoms in total. The zero-order valence-corrected chi connectivity index (χ0v) is 16.2. The average molecular weight is 355 g/mol. The second kappa shape index (κ2) is 7.95. The van der Waals surface area contributed by atoms with E-state index in [2.05, 4.69) is 23.5 Å². The molecule has 2 rings (SSSR count). The first-order chi connectivity index (χ1) is 11.2. The monoisotopic (exact) mass is 354 g/mol. The second-order valence-corrected chi connectivity index (χ2v) is 8.74. The Labute approximate surface area is 146 Å². The van der Waals surface area contributed by atoms with Gasteiger partial charge in [-0.1, -0.05) is 31.5 Å². The van der Waals surface area contributed by atoms with Gasteiger partial charge in [-0.05, 0) is 37.8 Å². The Morgan fingerprint density at radius 2 is 1.67 bits per heavy atom. The number of sulfonamides is 1. The number of aryl methyl sites for hydroxylation is 3. The van der Waals surface area contributed by atoms with E-state index in [-0.39, 0.29) is 6.04 Å². The average Bonchev–Trinajstić information content (AvgIpc) is 2.46. The number of nitrogens with one attached hydrogen (secondary N) is 1.